The Hall–Kier alpha value is -1.49. The molecule has 0 saturated heterocycles. The fourth-order valence-electron chi connectivity index (χ4n) is 2.92. The van der Waals surface area contributed by atoms with E-state index in [0.717, 1.165) is 19.3 Å². The highest BCUT2D eigenvalue weighted by Gasteiger charge is 2.39. The second-order valence-corrected chi connectivity index (χ2v) is 5.95. The first kappa shape index (κ1) is 18.6. The van der Waals surface area contributed by atoms with Crippen molar-refractivity contribution in [3.63, 3.8) is 0 Å². The highest BCUT2D eigenvalue weighted by Crippen LogP contribution is 2.34. The Labute approximate surface area is 131 Å². The van der Waals surface area contributed by atoms with Gasteiger partial charge in [0.1, 0.15) is 5.78 Å². The van der Waals surface area contributed by atoms with Gasteiger partial charge < -0.3 is 10.2 Å². The lowest BCUT2D eigenvalue weighted by atomic mass is 9.88. The fraction of sp³-hybridized carbons (Fsp3) is 0.706. The van der Waals surface area contributed by atoms with Crippen molar-refractivity contribution in [3.8, 4) is 0 Å². The van der Waals surface area contributed by atoms with Gasteiger partial charge in [0.2, 0.25) is 0 Å². The van der Waals surface area contributed by atoms with Gasteiger partial charge in [-0.3, -0.25) is 14.4 Å². The van der Waals surface area contributed by atoms with Crippen molar-refractivity contribution >= 4 is 17.5 Å². The van der Waals surface area contributed by atoms with Gasteiger partial charge in [-0.25, -0.2) is 0 Å². The smallest absolute Gasteiger partial charge is 0.303 e. The summed E-state index contributed by atoms with van der Waals surface area (Å²) in [5, 5.41) is 18.5. The van der Waals surface area contributed by atoms with Crippen LogP contribution in [0.5, 0.6) is 0 Å². The summed E-state index contributed by atoms with van der Waals surface area (Å²) in [6.07, 6.45) is 7.17. The molecule has 1 saturated carbocycles. The molecule has 1 aliphatic rings. The highest BCUT2D eigenvalue weighted by atomic mass is 16.4. The highest BCUT2D eigenvalue weighted by molar-refractivity contribution is 5.90. The van der Waals surface area contributed by atoms with Crippen molar-refractivity contribution in [2.75, 3.05) is 0 Å². The van der Waals surface area contributed by atoms with Crippen LogP contribution in [0.1, 0.15) is 58.3 Å². The number of Topliss-reactive ketones (excluding diaryl/α,β-unsaturated/α-hetero) is 1. The SMILES string of the molecule is CCC(=O)/C=C/C1C(O)CC(=O)C1CCCCCCC(=O)O. The Morgan fingerprint density at radius 2 is 1.91 bits per heavy atom. The van der Waals surface area contributed by atoms with Crippen LogP contribution in [0.15, 0.2) is 12.2 Å². The number of unbranched alkanes of at least 4 members (excludes halogenated alkanes) is 3. The van der Waals surface area contributed by atoms with Crippen molar-refractivity contribution in [2.45, 2.75) is 64.4 Å². The fourth-order valence-corrected chi connectivity index (χ4v) is 2.92. The Morgan fingerprint density at radius 3 is 2.55 bits per heavy atom. The molecule has 124 valence electrons. The number of carboxylic acid groups (broad SMARTS) is 1. The maximum atomic E-state index is 12.0. The predicted octanol–water partition coefficient (Wildman–Crippen LogP) is 2.51. The zero-order chi connectivity index (χ0) is 16.5. The van der Waals surface area contributed by atoms with Crippen LogP contribution < -0.4 is 0 Å². The lowest BCUT2D eigenvalue weighted by Gasteiger charge is -2.17. The normalized spacial score (nSPS) is 25.0. The number of ketones is 2. The molecule has 5 heteroatoms. The van der Waals surface area contributed by atoms with Crippen LogP contribution in [0.4, 0.5) is 0 Å². The maximum absolute atomic E-state index is 12.0. The third-order valence-corrected chi connectivity index (χ3v) is 4.24. The topological polar surface area (TPSA) is 91.7 Å². The van der Waals surface area contributed by atoms with Crippen molar-refractivity contribution in [1.29, 1.82) is 0 Å². The molecule has 5 nitrogen and oxygen atoms in total. The van der Waals surface area contributed by atoms with E-state index in [2.05, 4.69) is 0 Å². The number of carboxylic acids is 1. The summed E-state index contributed by atoms with van der Waals surface area (Å²) in [5.74, 6) is -1.19. The van der Waals surface area contributed by atoms with Gasteiger partial charge >= 0.3 is 5.97 Å². The van der Waals surface area contributed by atoms with Crippen molar-refractivity contribution in [1.82, 2.24) is 0 Å². The van der Waals surface area contributed by atoms with Gasteiger partial charge in [-0.05, 0) is 18.9 Å². The number of carbonyl (C=O) groups excluding carboxylic acids is 2. The summed E-state index contributed by atoms with van der Waals surface area (Å²) in [7, 11) is 0. The first-order valence-electron chi connectivity index (χ1n) is 8.09. The molecule has 0 radical (unpaired) electrons. The standard InChI is InChI=1S/C17H26O5/c1-2-12(18)9-10-14-13(15(19)11-16(14)20)7-5-3-4-6-8-17(21)22/h9-10,13-14,16,20H,2-8,11H2,1H3,(H,21,22)/b10-9+. The van der Waals surface area contributed by atoms with Crippen LogP contribution in [-0.4, -0.2) is 33.9 Å². The summed E-state index contributed by atoms with van der Waals surface area (Å²) in [6, 6.07) is 0. The third-order valence-electron chi connectivity index (χ3n) is 4.24. The van der Waals surface area contributed by atoms with Gasteiger partial charge in [-0.2, -0.15) is 0 Å². The Kier molecular flexibility index (Phi) is 8.02. The molecule has 1 aliphatic carbocycles. The molecule has 0 heterocycles. The monoisotopic (exact) mass is 310 g/mol. The maximum Gasteiger partial charge on any atom is 0.303 e. The number of hydrogen-bond acceptors (Lipinski definition) is 4. The van der Waals surface area contributed by atoms with Crippen LogP contribution in [0.25, 0.3) is 0 Å². The molecule has 22 heavy (non-hydrogen) atoms. The lowest BCUT2D eigenvalue weighted by Crippen LogP contribution is -2.18. The van der Waals surface area contributed by atoms with Crippen LogP contribution in [0.3, 0.4) is 0 Å². The van der Waals surface area contributed by atoms with E-state index in [9.17, 15) is 19.5 Å². The van der Waals surface area contributed by atoms with E-state index >= 15 is 0 Å². The summed E-state index contributed by atoms with van der Waals surface area (Å²) < 4.78 is 0. The molecule has 0 aromatic rings. The van der Waals surface area contributed by atoms with E-state index < -0.39 is 12.1 Å². The average Bonchev–Trinajstić information content (AvgIpc) is 2.73. The number of aliphatic hydroxyl groups is 1. The van der Waals surface area contributed by atoms with Gasteiger partial charge in [-0.15, -0.1) is 0 Å². The first-order chi connectivity index (χ1) is 10.5. The summed E-state index contributed by atoms with van der Waals surface area (Å²) in [4.78, 5) is 33.7. The van der Waals surface area contributed by atoms with Gasteiger partial charge in [-0.1, -0.05) is 32.3 Å². The number of hydrogen-bond donors (Lipinski definition) is 2. The Bertz CT molecular complexity index is 427. The number of carbonyl (C=O) groups is 3. The molecule has 1 fully saturated rings. The molecular formula is C17H26O5. The van der Waals surface area contributed by atoms with Crippen molar-refractivity contribution < 1.29 is 24.6 Å². The molecule has 0 bridgehead atoms. The van der Waals surface area contributed by atoms with Gasteiger partial charge in [0.05, 0.1) is 6.10 Å². The predicted molar refractivity (Wildman–Crippen MR) is 82.4 cm³/mol. The molecule has 3 atom stereocenters. The zero-order valence-corrected chi connectivity index (χ0v) is 13.2. The van der Waals surface area contributed by atoms with Crippen LogP contribution in [0.2, 0.25) is 0 Å². The summed E-state index contributed by atoms with van der Waals surface area (Å²) in [5.41, 5.74) is 0. The van der Waals surface area contributed by atoms with E-state index in [1.165, 1.54) is 6.08 Å². The molecule has 0 amide bonds. The molecular weight excluding hydrogens is 284 g/mol. The van der Waals surface area contributed by atoms with E-state index in [0.29, 0.717) is 19.3 Å². The van der Waals surface area contributed by atoms with E-state index in [1.807, 2.05) is 0 Å². The van der Waals surface area contributed by atoms with E-state index in [4.69, 9.17) is 5.11 Å². The second kappa shape index (κ2) is 9.51. The van der Waals surface area contributed by atoms with Gasteiger partial charge in [0.25, 0.3) is 0 Å². The Balaban J connectivity index is 2.41. The second-order valence-electron chi connectivity index (χ2n) is 5.95. The van der Waals surface area contributed by atoms with Gasteiger partial charge in [0, 0.05) is 31.1 Å². The van der Waals surface area contributed by atoms with E-state index in [1.54, 1.807) is 13.0 Å². The largest absolute Gasteiger partial charge is 0.481 e. The quantitative estimate of drug-likeness (QED) is 0.478. The minimum atomic E-state index is -0.778. The van der Waals surface area contributed by atoms with Gasteiger partial charge in [0.15, 0.2) is 5.78 Å². The molecule has 0 aliphatic heterocycles. The number of aliphatic carboxylic acids is 1. The average molecular weight is 310 g/mol. The van der Waals surface area contributed by atoms with Crippen LogP contribution >= 0.6 is 0 Å². The first-order valence-corrected chi connectivity index (χ1v) is 8.09. The van der Waals surface area contributed by atoms with Crippen molar-refractivity contribution in [2.24, 2.45) is 11.8 Å². The molecule has 0 aromatic carbocycles. The summed E-state index contributed by atoms with van der Waals surface area (Å²) in [6.45, 7) is 1.78. The van der Waals surface area contributed by atoms with Crippen LogP contribution in [0, 0.1) is 11.8 Å². The number of aliphatic hydroxyl groups excluding tert-OH is 1. The number of allylic oxidation sites excluding steroid dienone is 1. The molecule has 3 unspecified atom stereocenters. The van der Waals surface area contributed by atoms with Crippen molar-refractivity contribution in [3.05, 3.63) is 12.2 Å². The molecule has 1 rings (SSSR count). The molecule has 0 aromatic heterocycles. The minimum Gasteiger partial charge on any atom is -0.481 e. The molecule has 2 N–H and O–H groups in total. The lowest BCUT2D eigenvalue weighted by molar-refractivity contribution is -0.137. The Morgan fingerprint density at radius 1 is 1.23 bits per heavy atom. The number of rotatable bonds is 10. The zero-order valence-electron chi connectivity index (χ0n) is 13.2. The molecule has 0 spiro atoms. The van der Waals surface area contributed by atoms with E-state index in [-0.39, 0.29) is 36.2 Å². The third kappa shape index (κ3) is 6.10. The summed E-state index contributed by atoms with van der Waals surface area (Å²) >= 11 is 0. The minimum absolute atomic E-state index is 0.000954. The van der Waals surface area contributed by atoms with Crippen LogP contribution in [-0.2, 0) is 14.4 Å².